The maximum absolute atomic E-state index is 9.69. The Morgan fingerprint density at radius 1 is 1.56 bits per heavy atom. The highest BCUT2D eigenvalue weighted by molar-refractivity contribution is 9.10. The third-order valence-corrected chi connectivity index (χ3v) is 2.93. The Hall–Kier alpha value is -0.360. The summed E-state index contributed by atoms with van der Waals surface area (Å²) in [5.74, 6) is 0.858. The van der Waals surface area contributed by atoms with E-state index >= 15 is 0 Å². The van der Waals surface area contributed by atoms with E-state index in [1.807, 2.05) is 32.0 Å². The molecule has 0 aromatic carbocycles. The van der Waals surface area contributed by atoms with Gasteiger partial charge in [0.05, 0.1) is 22.9 Å². The van der Waals surface area contributed by atoms with E-state index in [0.29, 0.717) is 13.1 Å². The molecule has 0 saturated carbocycles. The third-order valence-electron chi connectivity index (χ3n) is 2.27. The van der Waals surface area contributed by atoms with Crippen LogP contribution >= 0.6 is 15.9 Å². The van der Waals surface area contributed by atoms with Gasteiger partial charge in [-0.3, -0.25) is 0 Å². The molecule has 0 spiro atoms. The Kier molecular flexibility index (Phi) is 5.48. The minimum absolute atomic E-state index is 0.0844. The molecule has 5 heteroatoms. The van der Waals surface area contributed by atoms with Crippen molar-refractivity contribution >= 4 is 15.9 Å². The van der Waals surface area contributed by atoms with Gasteiger partial charge in [-0.15, -0.1) is 0 Å². The normalized spacial score (nSPS) is 15.4. The van der Waals surface area contributed by atoms with Gasteiger partial charge >= 0.3 is 0 Å². The predicted octanol–water partition coefficient (Wildman–Crippen LogP) is 1.62. The maximum Gasteiger partial charge on any atom is 0.134 e. The summed E-state index contributed by atoms with van der Waals surface area (Å²) < 4.78 is 6.29. The molecule has 0 aliphatic rings. The van der Waals surface area contributed by atoms with Crippen LogP contribution in [0.25, 0.3) is 0 Å². The van der Waals surface area contributed by atoms with Gasteiger partial charge in [0.1, 0.15) is 5.76 Å². The van der Waals surface area contributed by atoms with E-state index in [9.17, 15) is 5.11 Å². The monoisotopic (exact) mass is 290 g/mol. The standard InChI is InChI=1S/C11H19BrN2O2/c1-8(11-10(12)4-5-16-11)13-6-9(15)7-14(2)3/h4-5,8-9,13,15H,6-7H2,1-3H3. The van der Waals surface area contributed by atoms with Crippen molar-refractivity contribution in [3.05, 3.63) is 22.6 Å². The average molecular weight is 291 g/mol. The summed E-state index contributed by atoms with van der Waals surface area (Å²) in [7, 11) is 3.88. The minimum atomic E-state index is -0.369. The second-order valence-corrected chi connectivity index (χ2v) is 5.03. The summed E-state index contributed by atoms with van der Waals surface area (Å²) in [4.78, 5) is 1.96. The molecule has 2 N–H and O–H groups in total. The largest absolute Gasteiger partial charge is 0.466 e. The fourth-order valence-corrected chi connectivity index (χ4v) is 2.05. The summed E-state index contributed by atoms with van der Waals surface area (Å²) in [5.41, 5.74) is 0. The van der Waals surface area contributed by atoms with Crippen LogP contribution in [0.5, 0.6) is 0 Å². The van der Waals surface area contributed by atoms with Crippen LogP contribution in [0.1, 0.15) is 18.7 Å². The molecule has 0 aliphatic carbocycles. The first kappa shape index (κ1) is 13.7. The number of rotatable bonds is 6. The fraction of sp³-hybridized carbons (Fsp3) is 0.636. The molecular weight excluding hydrogens is 272 g/mol. The molecule has 0 aliphatic heterocycles. The van der Waals surface area contributed by atoms with Gasteiger partial charge in [-0.05, 0) is 43.0 Å². The number of nitrogens with one attached hydrogen (secondary N) is 1. The topological polar surface area (TPSA) is 48.6 Å². The summed E-state index contributed by atoms with van der Waals surface area (Å²) >= 11 is 3.41. The Bertz CT molecular complexity index is 315. The van der Waals surface area contributed by atoms with Crippen LogP contribution in [0, 0.1) is 0 Å². The zero-order valence-corrected chi connectivity index (χ0v) is 11.5. The second-order valence-electron chi connectivity index (χ2n) is 4.18. The smallest absolute Gasteiger partial charge is 0.134 e. The summed E-state index contributed by atoms with van der Waals surface area (Å²) in [5, 5.41) is 12.9. The van der Waals surface area contributed by atoms with Crippen molar-refractivity contribution in [1.29, 1.82) is 0 Å². The lowest BCUT2D eigenvalue weighted by molar-refractivity contribution is 0.131. The molecule has 2 unspecified atom stereocenters. The first-order valence-electron chi connectivity index (χ1n) is 5.29. The third kappa shape index (κ3) is 4.25. The van der Waals surface area contributed by atoms with E-state index in [-0.39, 0.29) is 12.1 Å². The number of aliphatic hydroxyl groups is 1. The highest BCUT2D eigenvalue weighted by Crippen LogP contribution is 2.23. The van der Waals surface area contributed by atoms with Crippen molar-refractivity contribution in [2.24, 2.45) is 0 Å². The van der Waals surface area contributed by atoms with Gasteiger partial charge in [0.25, 0.3) is 0 Å². The van der Waals surface area contributed by atoms with Gasteiger partial charge in [0, 0.05) is 13.1 Å². The highest BCUT2D eigenvalue weighted by atomic mass is 79.9. The second kappa shape index (κ2) is 6.39. The number of nitrogens with zero attached hydrogens (tertiary/aromatic N) is 1. The van der Waals surface area contributed by atoms with Crippen molar-refractivity contribution in [2.45, 2.75) is 19.1 Å². The van der Waals surface area contributed by atoms with Crippen LogP contribution in [0.3, 0.4) is 0 Å². The molecule has 1 aromatic rings. The van der Waals surface area contributed by atoms with E-state index in [1.54, 1.807) is 6.26 Å². The lowest BCUT2D eigenvalue weighted by Gasteiger charge is -2.18. The average Bonchev–Trinajstić information content (AvgIpc) is 2.60. The van der Waals surface area contributed by atoms with Gasteiger partial charge < -0.3 is 19.7 Å². The van der Waals surface area contributed by atoms with Crippen molar-refractivity contribution in [2.75, 3.05) is 27.2 Å². The Balaban J connectivity index is 2.35. The highest BCUT2D eigenvalue weighted by Gasteiger charge is 2.14. The van der Waals surface area contributed by atoms with Gasteiger partial charge in [0.2, 0.25) is 0 Å². The van der Waals surface area contributed by atoms with Gasteiger partial charge in [-0.2, -0.15) is 0 Å². The Morgan fingerprint density at radius 3 is 2.75 bits per heavy atom. The van der Waals surface area contributed by atoms with E-state index in [2.05, 4.69) is 21.2 Å². The summed E-state index contributed by atoms with van der Waals surface area (Å²) in [6.07, 6.45) is 1.28. The molecule has 16 heavy (non-hydrogen) atoms. The Labute approximate surface area is 105 Å². The van der Waals surface area contributed by atoms with E-state index in [1.165, 1.54) is 0 Å². The molecule has 0 saturated heterocycles. The molecule has 0 fully saturated rings. The molecule has 4 nitrogen and oxygen atoms in total. The number of hydrogen-bond acceptors (Lipinski definition) is 4. The van der Waals surface area contributed by atoms with Crippen molar-refractivity contribution in [3.8, 4) is 0 Å². The zero-order valence-electron chi connectivity index (χ0n) is 9.90. The molecule has 92 valence electrons. The van der Waals surface area contributed by atoms with Crippen molar-refractivity contribution in [3.63, 3.8) is 0 Å². The molecule has 1 rings (SSSR count). The minimum Gasteiger partial charge on any atom is -0.466 e. The molecule has 0 bridgehead atoms. The number of halogens is 1. The zero-order chi connectivity index (χ0) is 12.1. The number of furan rings is 1. The van der Waals surface area contributed by atoms with Crippen molar-refractivity contribution in [1.82, 2.24) is 10.2 Å². The summed E-state index contributed by atoms with van der Waals surface area (Å²) in [6, 6.07) is 1.95. The van der Waals surface area contributed by atoms with Gasteiger partial charge in [0.15, 0.2) is 0 Å². The van der Waals surface area contributed by atoms with E-state index in [0.717, 1.165) is 10.2 Å². The van der Waals surface area contributed by atoms with Crippen LogP contribution < -0.4 is 5.32 Å². The van der Waals surface area contributed by atoms with E-state index < -0.39 is 0 Å². The molecule has 1 heterocycles. The fourth-order valence-electron chi connectivity index (χ4n) is 1.51. The van der Waals surface area contributed by atoms with E-state index in [4.69, 9.17) is 4.42 Å². The first-order chi connectivity index (χ1) is 7.50. The predicted molar refractivity (Wildman–Crippen MR) is 67.4 cm³/mol. The van der Waals surface area contributed by atoms with Crippen LogP contribution in [-0.2, 0) is 0 Å². The Morgan fingerprint density at radius 2 is 2.25 bits per heavy atom. The molecule has 0 amide bonds. The SMILES string of the molecule is CC(NCC(O)CN(C)C)c1occc1Br. The van der Waals surface area contributed by atoms with Gasteiger partial charge in [-0.25, -0.2) is 0 Å². The summed E-state index contributed by atoms with van der Waals surface area (Å²) in [6.45, 7) is 3.21. The lowest BCUT2D eigenvalue weighted by atomic mass is 10.2. The molecule has 2 atom stereocenters. The number of aliphatic hydroxyl groups excluding tert-OH is 1. The molecule has 0 radical (unpaired) electrons. The van der Waals surface area contributed by atoms with Crippen molar-refractivity contribution < 1.29 is 9.52 Å². The van der Waals surface area contributed by atoms with Crippen LogP contribution in [0.15, 0.2) is 21.2 Å². The van der Waals surface area contributed by atoms with Gasteiger partial charge in [-0.1, -0.05) is 0 Å². The number of hydrogen-bond donors (Lipinski definition) is 2. The van der Waals surface area contributed by atoms with Crippen LogP contribution in [-0.4, -0.2) is 43.3 Å². The molecule has 1 aromatic heterocycles. The quantitative estimate of drug-likeness (QED) is 0.836. The van der Waals surface area contributed by atoms with Crippen LogP contribution in [0.2, 0.25) is 0 Å². The first-order valence-corrected chi connectivity index (χ1v) is 6.09. The maximum atomic E-state index is 9.69. The lowest BCUT2D eigenvalue weighted by Crippen LogP contribution is -2.36. The molecular formula is C11H19BrN2O2. The number of likely N-dealkylation sites (N-methyl/N-ethyl adjacent to an activating group) is 1. The van der Waals surface area contributed by atoms with Crippen LogP contribution in [0.4, 0.5) is 0 Å².